The number of ether oxygens (including phenoxy) is 2. The number of hydrogen-bond donors (Lipinski definition) is 2. The molecule has 0 spiro atoms. The average molecular weight is 150 g/mol. The molecule has 0 aliphatic rings. The maximum Gasteiger partial charge on any atom is 0.337 e. The maximum absolute atomic E-state index is 10.0. The third-order valence-electron chi connectivity index (χ3n) is 0.975. The number of carbonyl (C=O) groups is 1. The van der Waals surface area contributed by atoms with Crippen LogP contribution in [0.25, 0.3) is 0 Å². The second-order valence-electron chi connectivity index (χ2n) is 1.62. The van der Waals surface area contributed by atoms with Crippen molar-refractivity contribution >= 4 is 5.97 Å². The van der Waals surface area contributed by atoms with E-state index in [0.717, 1.165) is 0 Å². The number of aliphatic hydroxyl groups is 1. The van der Waals surface area contributed by atoms with Crippen molar-refractivity contribution in [1.82, 2.24) is 0 Å². The molecule has 0 radical (unpaired) electrons. The van der Waals surface area contributed by atoms with Crippen LogP contribution in [0.3, 0.4) is 0 Å². The Labute approximate surface area is 58.2 Å². The normalized spacial score (nSPS) is 13.6. The Morgan fingerprint density at radius 3 is 1.90 bits per heavy atom. The van der Waals surface area contributed by atoms with Gasteiger partial charge in [0, 0.05) is 14.2 Å². The zero-order valence-electron chi connectivity index (χ0n) is 5.77. The molecular formula is C5H10O5. The fraction of sp³-hybridized carbons (Fsp3) is 0.800. The highest BCUT2D eigenvalue weighted by Gasteiger charge is 2.24. The Hall–Kier alpha value is -0.650. The predicted molar refractivity (Wildman–Crippen MR) is 31.4 cm³/mol. The minimum atomic E-state index is -1.63. The lowest BCUT2D eigenvalue weighted by molar-refractivity contribution is -0.187. The summed E-state index contributed by atoms with van der Waals surface area (Å²) >= 11 is 0. The fourth-order valence-corrected chi connectivity index (χ4v) is 0.470. The number of aliphatic hydroxyl groups excluding tert-OH is 1. The van der Waals surface area contributed by atoms with Crippen molar-refractivity contribution in [3.63, 3.8) is 0 Å². The molecule has 0 rings (SSSR count). The highest BCUT2D eigenvalue weighted by molar-refractivity contribution is 5.72. The number of methoxy groups -OCH3 is 2. The number of aliphatic carboxylic acids is 1. The lowest BCUT2D eigenvalue weighted by Gasteiger charge is -2.15. The van der Waals surface area contributed by atoms with Gasteiger partial charge in [0.25, 0.3) is 0 Å². The first-order valence-electron chi connectivity index (χ1n) is 2.60. The Kier molecular flexibility index (Phi) is 3.94. The first-order valence-corrected chi connectivity index (χ1v) is 2.60. The summed E-state index contributed by atoms with van der Waals surface area (Å²) in [5.74, 6) is -1.37. The van der Waals surface area contributed by atoms with E-state index in [2.05, 4.69) is 9.47 Å². The fourth-order valence-electron chi connectivity index (χ4n) is 0.470. The van der Waals surface area contributed by atoms with Gasteiger partial charge in [-0.2, -0.15) is 0 Å². The van der Waals surface area contributed by atoms with E-state index in [1.165, 1.54) is 14.2 Å². The zero-order valence-corrected chi connectivity index (χ0v) is 5.77. The van der Waals surface area contributed by atoms with Gasteiger partial charge < -0.3 is 19.7 Å². The Balaban J connectivity index is 3.88. The minimum absolute atomic E-state index is 1.10. The second-order valence-corrected chi connectivity index (χ2v) is 1.62. The first kappa shape index (κ1) is 9.35. The van der Waals surface area contributed by atoms with Crippen molar-refractivity contribution in [2.24, 2.45) is 0 Å². The molecule has 0 aliphatic heterocycles. The molecule has 0 aromatic heterocycles. The van der Waals surface area contributed by atoms with Crippen LogP contribution in [0.5, 0.6) is 0 Å². The molecule has 0 heterocycles. The predicted octanol–water partition coefficient (Wildman–Crippen LogP) is -0.949. The third-order valence-corrected chi connectivity index (χ3v) is 0.975. The van der Waals surface area contributed by atoms with Crippen LogP contribution in [0.15, 0.2) is 0 Å². The standard InChI is InChI=1S/C5H10O5/c1-9-5(10-2)3(6)4(7)8/h3,5-6H,1-2H3,(H,7,8). The Bertz CT molecular complexity index is 109. The van der Waals surface area contributed by atoms with Crippen molar-refractivity contribution in [3.05, 3.63) is 0 Å². The molecular weight excluding hydrogens is 140 g/mol. The lowest BCUT2D eigenvalue weighted by atomic mass is 10.3. The smallest absolute Gasteiger partial charge is 0.337 e. The van der Waals surface area contributed by atoms with E-state index in [1.807, 2.05) is 0 Å². The maximum atomic E-state index is 10.0. The van der Waals surface area contributed by atoms with Crippen LogP contribution >= 0.6 is 0 Å². The summed E-state index contributed by atoms with van der Waals surface area (Å²) in [7, 11) is 2.50. The summed E-state index contributed by atoms with van der Waals surface area (Å²) in [5, 5.41) is 16.9. The van der Waals surface area contributed by atoms with E-state index in [4.69, 9.17) is 10.2 Å². The summed E-state index contributed by atoms with van der Waals surface area (Å²) in [6, 6.07) is 0. The highest BCUT2D eigenvalue weighted by atomic mass is 16.7. The summed E-state index contributed by atoms with van der Waals surface area (Å²) in [6.45, 7) is 0. The molecule has 0 aromatic rings. The molecule has 5 nitrogen and oxygen atoms in total. The first-order chi connectivity index (χ1) is 4.63. The van der Waals surface area contributed by atoms with E-state index >= 15 is 0 Å². The van der Waals surface area contributed by atoms with Gasteiger partial charge in [-0.25, -0.2) is 4.79 Å². The highest BCUT2D eigenvalue weighted by Crippen LogP contribution is 1.98. The van der Waals surface area contributed by atoms with Crippen LogP contribution in [0, 0.1) is 0 Å². The van der Waals surface area contributed by atoms with E-state index in [0.29, 0.717) is 0 Å². The van der Waals surface area contributed by atoms with Gasteiger partial charge in [-0.1, -0.05) is 0 Å². The van der Waals surface area contributed by atoms with Crippen molar-refractivity contribution < 1.29 is 24.5 Å². The van der Waals surface area contributed by atoms with Gasteiger partial charge in [-0.3, -0.25) is 0 Å². The molecule has 2 N–H and O–H groups in total. The van der Waals surface area contributed by atoms with Crippen molar-refractivity contribution in [2.75, 3.05) is 14.2 Å². The quantitative estimate of drug-likeness (QED) is 0.505. The third kappa shape index (κ3) is 2.30. The molecule has 0 amide bonds. The SMILES string of the molecule is COC(OC)C(O)C(=O)O. The molecule has 60 valence electrons. The summed E-state index contributed by atoms with van der Waals surface area (Å²) < 4.78 is 8.94. The molecule has 0 saturated carbocycles. The minimum Gasteiger partial charge on any atom is -0.479 e. The van der Waals surface area contributed by atoms with Crippen molar-refractivity contribution in [1.29, 1.82) is 0 Å². The van der Waals surface area contributed by atoms with E-state index in [-0.39, 0.29) is 0 Å². The average Bonchev–Trinajstić information content (AvgIpc) is 1.90. The van der Waals surface area contributed by atoms with Gasteiger partial charge in [0.05, 0.1) is 0 Å². The zero-order chi connectivity index (χ0) is 8.15. The molecule has 0 aromatic carbocycles. The van der Waals surface area contributed by atoms with Crippen LogP contribution in [-0.4, -0.2) is 42.8 Å². The molecule has 1 unspecified atom stereocenters. The molecule has 0 saturated heterocycles. The van der Waals surface area contributed by atoms with Crippen molar-refractivity contribution in [3.8, 4) is 0 Å². The number of rotatable bonds is 4. The Morgan fingerprint density at radius 1 is 1.40 bits per heavy atom. The second kappa shape index (κ2) is 4.21. The molecule has 5 heteroatoms. The van der Waals surface area contributed by atoms with E-state index in [9.17, 15) is 4.79 Å². The van der Waals surface area contributed by atoms with E-state index < -0.39 is 18.4 Å². The van der Waals surface area contributed by atoms with Crippen LogP contribution in [0.1, 0.15) is 0 Å². The van der Waals surface area contributed by atoms with Gasteiger partial charge in [-0.05, 0) is 0 Å². The number of carboxylic acid groups (broad SMARTS) is 1. The lowest BCUT2D eigenvalue weighted by Crippen LogP contribution is -2.36. The molecule has 1 atom stereocenters. The van der Waals surface area contributed by atoms with Crippen LogP contribution < -0.4 is 0 Å². The summed E-state index contributed by atoms with van der Waals surface area (Å²) in [5.41, 5.74) is 0. The molecule has 0 bridgehead atoms. The van der Waals surface area contributed by atoms with Gasteiger partial charge in [0.15, 0.2) is 6.29 Å². The largest absolute Gasteiger partial charge is 0.479 e. The molecule has 10 heavy (non-hydrogen) atoms. The molecule has 0 aliphatic carbocycles. The van der Waals surface area contributed by atoms with Crippen LogP contribution in [0.4, 0.5) is 0 Å². The monoisotopic (exact) mass is 150 g/mol. The van der Waals surface area contributed by atoms with Gasteiger partial charge >= 0.3 is 5.97 Å². The number of hydrogen-bond acceptors (Lipinski definition) is 4. The summed E-state index contributed by atoms with van der Waals surface area (Å²) in [6.07, 6.45) is -2.73. The Morgan fingerprint density at radius 2 is 1.80 bits per heavy atom. The van der Waals surface area contributed by atoms with Crippen molar-refractivity contribution in [2.45, 2.75) is 12.4 Å². The molecule has 0 fully saturated rings. The number of carboxylic acids is 1. The summed E-state index contributed by atoms with van der Waals surface area (Å²) in [4.78, 5) is 10.0. The van der Waals surface area contributed by atoms with Crippen LogP contribution in [-0.2, 0) is 14.3 Å². The van der Waals surface area contributed by atoms with Gasteiger partial charge in [0.2, 0.25) is 6.10 Å². The topological polar surface area (TPSA) is 76.0 Å². The van der Waals surface area contributed by atoms with Gasteiger partial charge in [0.1, 0.15) is 0 Å². The van der Waals surface area contributed by atoms with Gasteiger partial charge in [-0.15, -0.1) is 0 Å². The van der Waals surface area contributed by atoms with E-state index in [1.54, 1.807) is 0 Å². The van der Waals surface area contributed by atoms with Crippen LogP contribution in [0.2, 0.25) is 0 Å².